The summed E-state index contributed by atoms with van der Waals surface area (Å²) in [6, 6.07) is 0.408. The summed E-state index contributed by atoms with van der Waals surface area (Å²) in [6.45, 7) is 3.18. The minimum atomic E-state index is -0.0562. The molecule has 3 nitrogen and oxygen atoms in total. The molecule has 0 spiro atoms. The zero-order valence-electron chi connectivity index (χ0n) is 8.94. The zero-order valence-corrected chi connectivity index (χ0v) is 9.76. The van der Waals surface area contributed by atoms with Gasteiger partial charge in [0.1, 0.15) is 0 Å². The molecule has 1 fully saturated rings. The third-order valence-corrected chi connectivity index (χ3v) is 3.17. The first-order chi connectivity index (χ1) is 6.49. The van der Waals surface area contributed by atoms with Crippen molar-refractivity contribution in [1.29, 1.82) is 0 Å². The van der Waals surface area contributed by atoms with Crippen molar-refractivity contribution < 1.29 is 5.11 Å². The first-order valence-electron chi connectivity index (χ1n) is 5.15. The minimum Gasteiger partial charge on any atom is -0.393 e. The Kier molecular flexibility index (Phi) is 4.29. The number of thiocarbonyl (C=S) groups is 1. The highest BCUT2D eigenvalue weighted by Gasteiger charge is 2.28. The summed E-state index contributed by atoms with van der Waals surface area (Å²) in [5, 5.41) is 9.16. The van der Waals surface area contributed by atoms with Crippen LogP contribution in [0.5, 0.6) is 0 Å². The fraction of sp³-hybridized carbons (Fsp3) is 0.900. The second-order valence-corrected chi connectivity index (χ2v) is 4.97. The van der Waals surface area contributed by atoms with E-state index in [1.54, 1.807) is 0 Å². The molecular weight excluding hydrogens is 196 g/mol. The zero-order chi connectivity index (χ0) is 10.7. The summed E-state index contributed by atoms with van der Waals surface area (Å²) in [4.78, 5) is 2.85. The Labute approximate surface area is 91.3 Å². The van der Waals surface area contributed by atoms with Crippen molar-refractivity contribution in [2.24, 2.45) is 11.7 Å². The Bertz CT molecular complexity index is 204. The van der Waals surface area contributed by atoms with E-state index in [2.05, 4.69) is 18.9 Å². The molecular formula is C10H20N2OS. The lowest BCUT2D eigenvalue weighted by Gasteiger charge is -2.36. The lowest BCUT2D eigenvalue weighted by atomic mass is 9.82. The van der Waals surface area contributed by atoms with Crippen LogP contribution >= 0.6 is 12.2 Å². The van der Waals surface area contributed by atoms with Crippen molar-refractivity contribution in [2.45, 2.75) is 38.3 Å². The monoisotopic (exact) mass is 216 g/mol. The number of hydrogen-bond donors (Lipinski definition) is 2. The van der Waals surface area contributed by atoms with Crippen LogP contribution in [-0.4, -0.2) is 40.7 Å². The van der Waals surface area contributed by atoms with Gasteiger partial charge in [0.2, 0.25) is 0 Å². The van der Waals surface area contributed by atoms with Gasteiger partial charge in [-0.1, -0.05) is 12.2 Å². The number of hydrogen-bond acceptors (Lipinski definition) is 3. The van der Waals surface area contributed by atoms with E-state index >= 15 is 0 Å². The van der Waals surface area contributed by atoms with Crippen molar-refractivity contribution in [3.8, 4) is 0 Å². The van der Waals surface area contributed by atoms with Crippen molar-refractivity contribution >= 4 is 17.2 Å². The van der Waals surface area contributed by atoms with Gasteiger partial charge in [0.05, 0.1) is 11.1 Å². The molecule has 14 heavy (non-hydrogen) atoms. The van der Waals surface area contributed by atoms with Crippen molar-refractivity contribution in [3.05, 3.63) is 0 Å². The van der Waals surface area contributed by atoms with Gasteiger partial charge in [0.15, 0.2) is 0 Å². The fourth-order valence-corrected chi connectivity index (χ4v) is 2.12. The van der Waals surface area contributed by atoms with Crippen LogP contribution in [0.25, 0.3) is 0 Å². The maximum absolute atomic E-state index is 9.16. The van der Waals surface area contributed by atoms with Crippen LogP contribution in [0.2, 0.25) is 0 Å². The van der Waals surface area contributed by atoms with Gasteiger partial charge in [-0.05, 0) is 32.7 Å². The van der Waals surface area contributed by atoms with E-state index in [9.17, 15) is 0 Å². The standard InChI is InChI=1S/C10H20N2OS/c1-7(3-10(11)14)12(2)6-8-4-9(13)5-8/h7-9,13H,3-6H2,1-2H3,(H2,11,14). The van der Waals surface area contributed by atoms with E-state index in [0.29, 0.717) is 16.9 Å². The minimum absolute atomic E-state index is 0.0562. The topological polar surface area (TPSA) is 49.5 Å². The molecule has 1 aliphatic carbocycles. The largest absolute Gasteiger partial charge is 0.393 e. The molecule has 1 rings (SSSR count). The Morgan fingerprint density at radius 3 is 2.64 bits per heavy atom. The van der Waals surface area contributed by atoms with E-state index < -0.39 is 0 Å². The molecule has 1 saturated carbocycles. The van der Waals surface area contributed by atoms with Crippen LogP contribution in [0, 0.1) is 5.92 Å². The average molecular weight is 216 g/mol. The molecule has 4 heteroatoms. The lowest BCUT2D eigenvalue weighted by Crippen LogP contribution is -2.41. The fourth-order valence-electron chi connectivity index (χ4n) is 1.88. The molecule has 82 valence electrons. The van der Waals surface area contributed by atoms with Gasteiger partial charge in [-0.2, -0.15) is 0 Å². The van der Waals surface area contributed by atoms with Gasteiger partial charge in [-0.25, -0.2) is 0 Å². The summed E-state index contributed by atoms with van der Waals surface area (Å²) in [7, 11) is 2.09. The third-order valence-electron chi connectivity index (χ3n) is 3.01. The maximum atomic E-state index is 9.16. The summed E-state index contributed by atoms with van der Waals surface area (Å²) >= 11 is 4.88. The number of aliphatic hydroxyl groups is 1. The first-order valence-corrected chi connectivity index (χ1v) is 5.56. The number of nitrogens with two attached hydrogens (primary N) is 1. The summed E-state index contributed by atoms with van der Waals surface area (Å²) in [6.07, 6.45) is 2.62. The van der Waals surface area contributed by atoms with Crippen LogP contribution in [0.3, 0.4) is 0 Å². The van der Waals surface area contributed by atoms with Gasteiger partial charge in [-0.15, -0.1) is 0 Å². The molecule has 1 aliphatic rings. The number of rotatable bonds is 5. The summed E-state index contributed by atoms with van der Waals surface area (Å²) in [5.41, 5.74) is 5.50. The SMILES string of the molecule is CC(CC(N)=S)N(C)CC1CC(O)C1. The second-order valence-electron chi connectivity index (χ2n) is 4.45. The molecule has 0 radical (unpaired) electrons. The molecule has 0 aromatic rings. The van der Waals surface area contributed by atoms with Gasteiger partial charge >= 0.3 is 0 Å². The predicted molar refractivity (Wildman–Crippen MR) is 62.2 cm³/mol. The Balaban J connectivity index is 2.20. The first kappa shape index (κ1) is 11.9. The van der Waals surface area contributed by atoms with Crippen LogP contribution in [0.15, 0.2) is 0 Å². The highest BCUT2D eigenvalue weighted by molar-refractivity contribution is 7.80. The van der Waals surface area contributed by atoms with Crippen LogP contribution < -0.4 is 5.73 Å². The van der Waals surface area contributed by atoms with Crippen LogP contribution in [0.4, 0.5) is 0 Å². The van der Waals surface area contributed by atoms with E-state index in [1.807, 2.05) is 0 Å². The highest BCUT2D eigenvalue weighted by atomic mass is 32.1. The third kappa shape index (κ3) is 3.52. The molecule has 3 N–H and O–H groups in total. The molecule has 0 aromatic heterocycles. The molecule has 0 aromatic carbocycles. The Hall–Kier alpha value is -0.190. The van der Waals surface area contributed by atoms with Crippen LogP contribution in [0.1, 0.15) is 26.2 Å². The Morgan fingerprint density at radius 2 is 2.21 bits per heavy atom. The lowest BCUT2D eigenvalue weighted by molar-refractivity contribution is 0.0236. The van der Waals surface area contributed by atoms with Gasteiger partial charge < -0.3 is 15.7 Å². The molecule has 0 amide bonds. The molecule has 0 saturated heterocycles. The quantitative estimate of drug-likeness (QED) is 0.666. The molecule has 1 atom stereocenters. The molecule has 0 aliphatic heterocycles. The molecule has 0 bridgehead atoms. The Morgan fingerprint density at radius 1 is 1.64 bits per heavy atom. The van der Waals surface area contributed by atoms with Crippen molar-refractivity contribution in [1.82, 2.24) is 4.90 Å². The van der Waals surface area contributed by atoms with E-state index in [1.165, 1.54) is 0 Å². The van der Waals surface area contributed by atoms with E-state index in [4.69, 9.17) is 23.1 Å². The van der Waals surface area contributed by atoms with Gasteiger partial charge in [-0.3, -0.25) is 0 Å². The second kappa shape index (κ2) is 5.05. The predicted octanol–water partition coefficient (Wildman–Crippen LogP) is 0.754. The number of nitrogens with zero attached hydrogens (tertiary/aromatic N) is 1. The molecule has 1 unspecified atom stereocenters. The molecule has 0 heterocycles. The maximum Gasteiger partial charge on any atom is 0.0742 e. The normalized spacial score (nSPS) is 28.6. The van der Waals surface area contributed by atoms with E-state index in [-0.39, 0.29) is 6.10 Å². The van der Waals surface area contributed by atoms with Gasteiger partial charge in [0, 0.05) is 19.0 Å². The van der Waals surface area contributed by atoms with Crippen molar-refractivity contribution in [3.63, 3.8) is 0 Å². The van der Waals surface area contributed by atoms with Crippen LogP contribution in [-0.2, 0) is 0 Å². The smallest absolute Gasteiger partial charge is 0.0742 e. The van der Waals surface area contributed by atoms with E-state index in [0.717, 1.165) is 25.8 Å². The average Bonchev–Trinajstić information content (AvgIpc) is 2.00. The highest BCUT2D eigenvalue weighted by Crippen LogP contribution is 2.28. The number of aliphatic hydroxyl groups excluding tert-OH is 1. The van der Waals surface area contributed by atoms with Gasteiger partial charge in [0.25, 0.3) is 0 Å². The summed E-state index contributed by atoms with van der Waals surface area (Å²) in [5.74, 6) is 0.656. The summed E-state index contributed by atoms with van der Waals surface area (Å²) < 4.78 is 0. The van der Waals surface area contributed by atoms with Crippen molar-refractivity contribution in [2.75, 3.05) is 13.6 Å².